The summed E-state index contributed by atoms with van der Waals surface area (Å²) in [5, 5.41) is 3.79. The van der Waals surface area contributed by atoms with Crippen LogP contribution < -0.4 is 5.32 Å². The molecule has 2 nitrogen and oxygen atoms in total. The molecule has 2 heterocycles. The number of fused-ring (bicyclic) bond motifs is 1. The Morgan fingerprint density at radius 2 is 1.94 bits per heavy atom. The number of rotatable bonds is 2. The van der Waals surface area contributed by atoms with E-state index in [1.807, 2.05) is 0 Å². The number of nitrogens with zero attached hydrogens (tertiary/aromatic N) is 1. The van der Waals surface area contributed by atoms with E-state index in [-0.39, 0.29) is 0 Å². The molecule has 2 aliphatic heterocycles. The van der Waals surface area contributed by atoms with Crippen LogP contribution >= 0.6 is 0 Å². The molecule has 3 unspecified atom stereocenters. The number of hydrogen-bond acceptors (Lipinski definition) is 2. The van der Waals surface area contributed by atoms with Crippen molar-refractivity contribution in [3.63, 3.8) is 0 Å². The van der Waals surface area contributed by atoms with E-state index >= 15 is 0 Å². The van der Waals surface area contributed by atoms with Gasteiger partial charge in [0.1, 0.15) is 0 Å². The van der Waals surface area contributed by atoms with Crippen LogP contribution in [0.2, 0.25) is 0 Å². The van der Waals surface area contributed by atoms with Gasteiger partial charge in [-0.3, -0.25) is 4.90 Å². The van der Waals surface area contributed by atoms with E-state index in [0.717, 1.165) is 12.0 Å². The predicted octanol–water partition coefficient (Wildman–Crippen LogP) is 3.03. The van der Waals surface area contributed by atoms with Crippen LogP contribution in [0, 0.1) is 11.3 Å². The fourth-order valence-electron chi connectivity index (χ4n) is 4.55. The average Bonchev–Trinajstić information content (AvgIpc) is 2.75. The highest BCUT2D eigenvalue weighted by molar-refractivity contribution is 4.95. The second-order valence-corrected chi connectivity index (χ2v) is 7.49. The summed E-state index contributed by atoms with van der Waals surface area (Å²) in [6.07, 6.45) is 10.2. The maximum atomic E-state index is 3.79. The molecule has 104 valence electrons. The number of likely N-dealkylation sites (tertiary alicyclic amines) is 1. The van der Waals surface area contributed by atoms with Gasteiger partial charge in [-0.15, -0.1) is 0 Å². The molecule has 0 radical (unpaired) electrons. The summed E-state index contributed by atoms with van der Waals surface area (Å²) in [6, 6.07) is 1.64. The first-order chi connectivity index (χ1) is 8.67. The third-order valence-electron chi connectivity index (χ3n) is 5.87. The topological polar surface area (TPSA) is 15.3 Å². The van der Waals surface area contributed by atoms with Crippen LogP contribution in [0.1, 0.15) is 58.8 Å². The first kappa shape index (κ1) is 12.9. The van der Waals surface area contributed by atoms with Crippen molar-refractivity contribution in [2.75, 3.05) is 19.6 Å². The molecule has 18 heavy (non-hydrogen) atoms. The maximum absolute atomic E-state index is 3.79. The quantitative estimate of drug-likeness (QED) is 0.810. The molecule has 0 aromatic heterocycles. The minimum atomic E-state index is 0.491. The third kappa shape index (κ3) is 2.46. The van der Waals surface area contributed by atoms with Gasteiger partial charge in [0, 0.05) is 18.6 Å². The molecule has 3 aliphatic rings. The molecular weight excluding hydrogens is 220 g/mol. The Labute approximate surface area is 113 Å². The number of piperidine rings is 1. The first-order valence-electron chi connectivity index (χ1n) is 8.14. The number of hydrogen-bond donors (Lipinski definition) is 1. The molecule has 2 heteroatoms. The van der Waals surface area contributed by atoms with Gasteiger partial charge in [0.15, 0.2) is 0 Å². The van der Waals surface area contributed by atoms with Crippen molar-refractivity contribution in [1.82, 2.24) is 10.2 Å². The summed E-state index contributed by atoms with van der Waals surface area (Å²) in [4.78, 5) is 2.83. The zero-order valence-electron chi connectivity index (χ0n) is 12.3. The van der Waals surface area contributed by atoms with Gasteiger partial charge in [-0.05, 0) is 56.5 Å². The Morgan fingerprint density at radius 3 is 2.78 bits per heavy atom. The van der Waals surface area contributed by atoms with Gasteiger partial charge in [0.2, 0.25) is 0 Å². The number of nitrogens with one attached hydrogen (secondary N) is 1. The van der Waals surface area contributed by atoms with E-state index in [1.54, 1.807) is 0 Å². The minimum absolute atomic E-state index is 0.491. The van der Waals surface area contributed by atoms with E-state index in [2.05, 4.69) is 24.1 Å². The van der Waals surface area contributed by atoms with Crippen molar-refractivity contribution in [2.45, 2.75) is 70.9 Å². The lowest BCUT2D eigenvalue weighted by atomic mass is 9.77. The SMILES string of the molecule is CC1(C)CCCNC1CN1CCC2CCCCC21. The van der Waals surface area contributed by atoms with Crippen molar-refractivity contribution in [2.24, 2.45) is 11.3 Å². The molecule has 0 aromatic carbocycles. The highest BCUT2D eigenvalue weighted by Crippen LogP contribution is 2.38. The van der Waals surface area contributed by atoms with E-state index in [0.29, 0.717) is 11.5 Å². The first-order valence-corrected chi connectivity index (χ1v) is 8.14. The summed E-state index contributed by atoms with van der Waals surface area (Å²) in [7, 11) is 0. The van der Waals surface area contributed by atoms with Gasteiger partial charge >= 0.3 is 0 Å². The standard InChI is InChI=1S/C16H30N2/c1-16(2)9-5-10-17-15(16)12-18-11-8-13-6-3-4-7-14(13)18/h13-15,17H,3-12H2,1-2H3. The lowest BCUT2D eigenvalue weighted by Gasteiger charge is -2.43. The van der Waals surface area contributed by atoms with Crippen LogP contribution in [0.15, 0.2) is 0 Å². The van der Waals surface area contributed by atoms with Crippen molar-refractivity contribution in [1.29, 1.82) is 0 Å². The average molecular weight is 250 g/mol. The molecule has 2 saturated heterocycles. The Bertz CT molecular complexity index is 287. The van der Waals surface area contributed by atoms with Crippen molar-refractivity contribution in [3.05, 3.63) is 0 Å². The van der Waals surface area contributed by atoms with Crippen LogP contribution in [0.4, 0.5) is 0 Å². The van der Waals surface area contributed by atoms with Gasteiger partial charge in [0.05, 0.1) is 0 Å². The molecule has 1 N–H and O–H groups in total. The van der Waals surface area contributed by atoms with Gasteiger partial charge in [-0.25, -0.2) is 0 Å². The zero-order chi connectivity index (χ0) is 12.6. The van der Waals surface area contributed by atoms with Gasteiger partial charge in [-0.2, -0.15) is 0 Å². The molecular formula is C16H30N2. The molecule has 1 aliphatic carbocycles. The Hall–Kier alpha value is -0.0800. The fraction of sp³-hybridized carbons (Fsp3) is 1.00. The fourth-order valence-corrected chi connectivity index (χ4v) is 4.55. The molecule has 0 spiro atoms. The third-order valence-corrected chi connectivity index (χ3v) is 5.87. The molecule has 0 bridgehead atoms. The molecule has 3 fully saturated rings. The summed E-state index contributed by atoms with van der Waals surface area (Å²) in [6.45, 7) is 8.81. The second-order valence-electron chi connectivity index (χ2n) is 7.49. The van der Waals surface area contributed by atoms with Crippen molar-refractivity contribution < 1.29 is 0 Å². The Morgan fingerprint density at radius 1 is 1.11 bits per heavy atom. The summed E-state index contributed by atoms with van der Waals surface area (Å²) < 4.78 is 0. The van der Waals surface area contributed by atoms with E-state index < -0.39 is 0 Å². The largest absolute Gasteiger partial charge is 0.312 e. The molecule has 1 saturated carbocycles. The summed E-state index contributed by atoms with van der Waals surface area (Å²) >= 11 is 0. The maximum Gasteiger partial charge on any atom is 0.0246 e. The zero-order valence-corrected chi connectivity index (χ0v) is 12.3. The van der Waals surface area contributed by atoms with Crippen molar-refractivity contribution >= 4 is 0 Å². The van der Waals surface area contributed by atoms with E-state index in [9.17, 15) is 0 Å². The normalized spacial score (nSPS) is 40.7. The van der Waals surface area contributed by atoms with Gasteiger partial charge in [-0.1, -0.05) is 26.7 Å². The monoisotopic (exact) mass is 250 g/mol. The second kappa shape index (κ2) is 5.13. The van der Waals surface area contributed by atoms with E-state index in [4.69, 9.17) is 0 Å². The summed E-state index contributed by atoms with van der Waals surface area (Å²) in [5.74, 6) is 1.03. The van der Waals surface area contributed by atoms with Crippen LogP contribution in [0.3, 0.4) is 0 Å². The van der Waals surface area contributed by atoms with Crippen LogP contribution in [-0.2, 0) is 0 Å². The van der Waals surface area contributed by atoms with Crippen LogP contribution in [0.5, 0.6) is 0 Å². The highest BCUT2D eigenvalue weighted by Gasteiger charge is 2.39. The minimum Gasteiger partial charge on any atom is -0.312 e. The van der Waals surface area contributed by atoms with Crippen molar-refractivity contribution in [3.8, 4) is 0 Å². The Balaban J connectivity index is 1.62. The Kier molecular flexibility index (Phi) is 3.68. The lowest BCUT2D eigenvalue weighted by Crippen LogP contribution is -2.54. The summed E-state index contributed by atoms with van der Waals surface area (Å²) in [5.41, 5.74) is 0.491. The lowest BCUT2D eigenvalue weighted by molar-refractivity contribution is 0.103. The van der Waals surface area contributed by atoms with Gasteiger partial charge < -0.3 is 5.32 Å². The van der Waals surface area contributed by atoms with Crippen LogP contribution in [0.25, 0.3) is 0 Å². The molecule has 0 aromatic rings. The molecule has 3 rings (SSSR count). The highest BCUT2D eigenvalue weighted by atomic mass is 15.2. The predicted molar refractivity (Wildman–Crippen MR) is 76.7 cm³/mol. The van der Waals surface area contributed by atoms with Crippen LogP contribution in [-0.4, -0.2) is 36.6 Å². The molecule has 0 amide bonds. The van der Waals surface area contributed by atoms with E-state index in [1.165, 1.54) is 64.6 Å². The molecule has 3 atom stereocenters. The smallest absolute Gasteiger partial charge is 0.0246 e. The van der Waals surface area contributed by atoms with Gasteiger partial charge in [0.25, 0.3) is 0 Å².